The third-order valence-corrected chi connectivity index (χ3v) is 2.35. The van der Waals surface area contributed by atoms with Gasteiger partial charge in [0, 0.05) is 25.2 Å². The summed E-state index contributed by atoms with van der Waals surface area (Å²) in [6.07, 6.45) is 2.81. The Bertz CT molecular complexity index is 273. The van der Waals surface area contributed by atoms with Crippen LogP contribution < -0.4 is 4.90 Å². The molecule has 1 heterocycles. The Hall–Kier alpha value is -0.470. The third kappa shape index (κ3) is 3.03. The average molecular weight is 233 g/mol. The second kappa shape index (κ2) is 6.10. The lowest BCUT2D eigenvalue weighted by atomic mass is 10.3. The fraction of sp³-hybridized carbons (Fsp3) is 0.500. The van der Waals surface area contributed by atoms with Crippen LogP contribution in [0.4, 0.5) is 5.82 Å². The largest absolute Gasteiger partial charge is 0.354 e. The summed E-state index contributed by atoms with van der Waals surface area (Å²) in [5.74, 6) is 1.42. The van der Waals surface area contributed by atoms with Crippen LogP contribution in [0.1, 0.15) is 13.3 Å². The summed E-state index contributed by atoms with van der Waals surface area (Å²) >= 11 is 11.8. The molecule has 0 bridgehead atoms. The first-order valence-electron chi connectivity index (χ1n) is 4.71. The van der Waals surface area contributed by atoms with Crippen LogP contribution in [0, 0.1) is 0 Å². The molecule has 14 heavy (non-hydrogen) atoms. The predicted octanol–water partition coefficient (Wildman–Crippen LogP) is 3.19. The first-order valence-corrected chi connectivity index (χ1v) is 5.62. The molecule has 0 fully saturated rings. The molecule has 0 spiro atoms. The summed E-state index contributed by atoms with van der Waals surface area (Å²) in [4.78, 5) is 6.36. The number of halogens is 2. The highest BCUT2D eigenvalue weighted by Crippen LogP contribution is 2.22. The van der Waals surface area contributed by atoms with Crippen LogP contribution in [0.15, 0.2) is 18.3 Å². The van der Waals surface area contributed by atoms with Gasteiger partial charge in [-0.1, -0.05) is 18.5 Å². The molecule has 0 saturated heterocycles. The van der Waals surface area contributed by atoms with Crippen molar-refractivity contribution in [2.45, 2.75) is 13.3 Å². The van der Waals surface area contributed by atoms with Crippen LogP contribution in [0.5, 0.6) is 0 Å². The molecule has 0 amide bonds. The number of anilines is 1. The molecule has 0 atom stereocenters. The van der Waals surface area contributed by atoms with E-state index < -0.39 is 0 Å². The van der Waals surface area contributed by atoms with Gasteiger partial charge in [-0.05, 0) is 18.6 Å². The van der Waals surface area contributed by atoms with Gasteiger partial charge in [-0.2, -0.15) is 0 Å². The Kier molecular flexibility index (Phi) is 5.05. The van der Waals surface area contributed by atoms with E-state index in [1.807, 2.05) is 12.1 Å². The minimum absolute atomic E-state index is 0.590. The zero-order chi connectivity index (χ0) is 10.4. The summed E-state index contributed by atoms with van der Waals surface area (Å²) in [7, 11) is 0. The van der Waals surface area contributed by atoms with Gasteiger partial charge in [0.1, 0.15) is 5.82 Å². The van der Waals surface area contributed by atoms with E-state index in [4.69, 9.17) is 23.2 Å². The van der Waals surface area contributed by atoms with E-state index in [-0.39, 0.29) is 0 Å². The maximum atomic E-state index is 6.04. The van der Waals surface area contributed by atoms with Crippen molar-refractivity contribution in [2.75, 3.05) is 23.9 Å². The molecule has 1 aromatic heterocycles. The summed E-state index contributed by atoms with van der Waals surface area (Å²) in [6.45, 7) is 3.84. The Morgan fingerprint density at radius 1 is 1.43 bits per heavy atom. The van der Waals surface area contributed by atoms with Crippen molar-refractivity contribution in [3.05, 3.63) is 23.4 Å². The summed E-state index contributed by atoms with van der Waals surface area (Å²) < 4.78 is 0. The highest BCUT2D eigenvalue weighted by molar-refractivity contribution is 6.32. The number of hydrogen-bond donors (Lipinski definition) is 0. The van der Waals surface area contributed by atoms with E-state index in [9.17, 15) is 0 Å². The van der Waals surface area contributed by atoms with E-state index in [1.165, 1.54) is 0 Å². The SMILES string of the molecule is CCCN(CCCl)c1ncccc1Cl. The van der Waals surface area contributed by atoms with Crippen LogP contribution in [0.3, 0.4) is 0 Å². The molecule has 0 radical (unpaired) electrons. The van der Waals surface area contributed by atoms with E-state index in [2.05, 4.69) is 16.8 Å². The fourth-order valence-corrected chi connectivity index (χ4v) is 1.75. The lowest BCUT2D eigenvalue weighted by Crippen LogP contribution is -2.27. The lowest BCUT2D eigenvalue weighted by molar-refractivity contribution is 0.781. The monoisotopic (exact) mass is 232 g/mol. The molecule has 1 aromatic rings. The van der Waals surface area contributed by atoms with Gasteiger partial charge in [0.2, 0.25) is 0 Å². The standard InChI is InChI=1S/C10H14Cl2N2/c1-2-7-14(8-5-11)10-9(12)4-3-6-13-10/h3-4,6H,2,5,7-8H2,1H3. The summed E-state index contributed by atoms with van der Waals surface area (Å²) in [6, 6.07) is 3.68. The zero-order valence-electron chi connectivity index (χ0n) is 8.21. The van der Waals surface area contributed by atoms with Crippen molar-refractivity contribution in [1.82, 2.24) is 4.98 Å². The predicted molar refractivity (Wildman–Crippen MR) is 62.5 cm³/mol. The van der Waals surface area contributed by atoms with Gasteiger partial charge < -0.3 is 4.90 Å². The molecule has 0 aliphatic carbocycles. The van der Waals surface area contributed by atoms with Crippen LogP contribution >= 0.6 is 23.2 Å². The number of alkyl halides is 1. The third-order valence-electron chi connectivity index (χ3n) is 1.89. The number of rotatable bonds is 5. The average Bonchev–Trinajstić information content (AvgIpc) is 2.18. The molecule has 78 valence electrons. The normalized spacial score (nSPS) is 10.2. The Morgan fingerprint density at radius 2 is 2.21 bits per heavy atom. The molecule has 0 aliphatic rings. The lowest BCUT2D eigenvalue weighted by Gasteiger charge is -2.22. The molecule has 1 rings (SSSR count). The summed E-state index contributed by atoms with van der Waals surface area (Å²) in [5.41, 5.74) is 0. The molecule has 0 N–H and O–H groups in total. The smallest absolute Gasteiger partial charge is 0.147 e. The molecule has 0 aliphatic heterocycles. The van der Waals surface area contributed by atoms with Gasteiger partial charge >= 0.3 is 0 Å². The highest BCUT2D eigenvalue weighted by Gasteiger charge is 2.09. The molecule has 4 heteroatoms. The number of nitrogens with zero attached hydrogens (tertiary/aromatic N) is 2. The maximum Gasteiger partial charge on any atom is 0.147 e. The molecule has 0 unspecified atom stereocenters. The van der Waals surface area contributed by atoms with Crippen molar-refractivity contribution in [1.29, 1.82) is 0 Å². The van der Waals surface area contributed by atoms with Gasteiger partial charge in [0.05, 0.1) is 5.02 Å². The second-order valence-electron chi connectivity index (χ2n) is 2.98. The van der Waals surface area contributed by atoms with Gasteiger partial charge in [-0.25, -0.2) is 4.98 Å². The topological polar surface area (TPSA) is 16.1 Å². The maximum absolute atomic E-state index is 6.04. The van der Waals surface area contributed by atoms with Crippen LogP contribution in [0.25, 0.3) is 0 Å². The highest BCUT2D eigenvalue weighted by atomic mass is 35.5. The second-order valence-corrected chi connectivity index (χ2v) is 3.77. The number of hydrogen-bond acceptors (Lipinski definition) is 2. The van der Waals surface area contributed by atoms with E-state index >= 15 is 0 Å². The first-order chi connectivity index (χ1) is 6.79. The molecular weight excluding hydrogens is 219 g/mol. The zero-order valence-corrected chi connectivity index (χ0v) is 9.72. The minimum Gasteiger partial charge on any atom is -0.354 e. The van der Waals surface area contributed by atoms with E-state index in [1.54, 1.807) is 6.20 Å². The van der Waals surface area contributed by atoms with Gasteiger partial charge in [-0.15, -0.1) is 11.6 Å². The van der Waals surface area contributed by atoms with Crippen molar-refractivity contribution < 1.29 is 0 Å². The molecule has 0 aromatic carbocycles. The fourth-order valence-electron chi connectivity index (χ4n) is 1.31. The minimum atomic E-state index is 0.590. The Balaban J connectivity index is 2.81. The van der Waals surface area contributed by atoms with Crippen LogP contribution in [0.2, 0.25) is 5.02 Å². The van der Waals surface area contributed by atoms with Crippen molar-refractivity contribution in [2.24, 2.45) is 0 Å². The molecule has 0 saturated carbocycles. The quantitative estimate of drug-likeness (QED) is 0.726. The van der Waals surface area contributed by atoms with Gasteiger partial charge in [-0.3, -0.25) is 0 Å². The molecular formula is C10H14Cl2N2. The van der Waals surface area contributed by atoms with Crippen molar-refractivity contribution in [3.63, 3.8) is 0 Å². The Labute approximate surface area is 94.8 Å². The van der Waals surface area contributed by atoms with Gasteiger partial charge in [0.15, 0.2) is 0 Å². The first kappa shape index (κ1) is 11.6. The van der Waals surface area contributed by atoms with Crippen molar-refractivity contribution >= 4 is 29.0 Å². The van der Waals surface area contributed by atoms with Crippen LogP contribution in [-0.2, 0) is 0 Å². The van der Waals surface area contributed by atoms with Crippen LogP contribution in [-0.4, -0.2) is 24.0 Å². The number of pyridine rings is 1. The Morgan fingerprint density at radius 3 is 2.79 bits per heavy atom. The van der Waals surface area contributed by atoms with E-state index in [0.717, 1.165) is 25.3 Å². The summed E-state index contributed by atoms with van der Waals surface area (Å²) in [5, 5.41) is 0.686. The molecule has 2 nitrogen and oxygen atoms in total. The van der Waals surface area contributed by atoms with E-state index in [0.29, 0.717) is 10.9 Å². The van der Waals surface area contributed by atoms with Crippen molar-refractivity contribution in [3.8, 4) is 0 Å². The number of aromatic nitrogens is 1. The van der Waals surface area contributed by atoms with Gasteiger partial charge in [0.25, 0.3) is 0 Å².